The fraction of sp³-hybridized carbons (Fsp3) is 0.750. The highest BCUT2D eigenvalue weighted by molar-refractivity contribution is 8.93. The molecule has 0 heterocycles. The second kappa shape index (κ2) is 8.04. The van der Waals surface area contributed by atoms with Gasteiger partial charge in [-0.15, -0.1) is 17.0 Å². The Bertz CT molecular complexity index is 170. The van der Waals surface area contributed by atoms with E-state index in [1.165, 1.54) is 7.11 Å². The van der Waals surface area contributed by atoms with Crippen molar-refractivity contribution in [3.8, 4) is 0 Å². The number of halogens is 1. The van der Waals surface area contributed by atoms with Gasteiger partial charge in [0.15, 0.2) is 5.92 Å². The van der Waals surface area contributed by atoms with Crippen molar-refractivity contribution in [2.24, 2.45) is 5.92 Å². The minimum atomic E-state index is -1.10. The summed E-state index contributed by atoms with van der Waals surface area (Å²) in [6.07, 6.45) is 1.96. The van der Waals surface area contributed by atoms with E-state index in [0.717, 1.165) is 12.8 Å². The van der Waals surface area contributed by atoms with Crippen LogP contribution in [0.3, 0.4) is 0 Å². The van der Waals surface area contributed by atoms with Crippen LogP contribution < -0.4 is 0 Å². The maximum Gasteiger partial charge on any atom is 0.320 e. The Kier molecular flexibility index (Phi) is 9.22. The SMILES string of the molecule is Br.CCCCC(C(=O)O)C(=O)OC. The van der Waals surface area contributed by atoms with E-state index < -0.39 is 17.9 Å². The molecule has 0 radical (unpaired) electrons. The van der Waals surface area contributed by atoms with Crippen molar-refractivity contribution in [1.29, 1.82) is 0 Å². The summed E-state index contributed by atoms with van der Waals surface area (Å²) in [6.45, 7) is 1.94. The van der Waals surface area contributed by atoms with Crippen molar-refractivity contribution in [2.75, 3.05) is 7.11 Å². The van der Waals surface area contributed by atoms with Crippen molar-refractivity contribution in [2.45, 2.75) is 26.2 Å². The number of hydrogen-bond acceptors (Lipinski definition) is 3. The number of esters is 1. The number of carbonyl (C=O) groups is 2. The van der Waals surface area contributed by atoms with E-state index >= 15 is 0 Å². The first-order chi connectivity index (χ1) is 5.63. The van der Waals surface area contributed by atoms with Crippen LogP contribution in [0.25, 0.3) is 0 Å². The Morgan fingerprint density at radius 2 is 2.00 bits per heavy atom. The summed E-state index contributed by atoms with van der Waals surface area (Å²) >= 11 is 0. The molecule has 0 saturated carbocycles. The fourth-order valence-electron chi connectivity index (χ4n) is 0.893. The first-order valence-electron chi connectivity index (χ1n) is 3.94. The van der Waals surface area contributed by atoms with Gasteiger partial charge in [0.2, 0.25) is 0 Å². The van der Waals surface area contributed by atoms with Gasteiger partial charge in [0, 0.05) is 0 Å². The van der Waals surface area contributed by atoms with Crippen LogP contribution in [0.1, 0.15) is 26.2 Å². The first-order valence-corrected chi connectivity index (χ1v) is 3.94. The maximum absolute atomic E-state index is 10.9. The maximum atomic E-state index is 10.9. The minimum absolute atomic E-state index is 0. The number of methoxy groups -OCH3 is 1. The molecule has 5 heteroatoms. The van der Waals surface area contributed by atoms with Crippen LogP contribution in [0.2, 0.25) is 0 Å². The summed E-state index contributed by atoms with van der Waals surface area (Å²) in [7, 11) is 1.20. The van der Waals surface area contributed by atoms with E-state index in [4.69, 9.17) is 5.11 Å². The number of hydrogen-bond donors (Lipinski definition) is 1. The van der Waals surface area contributed by atoms with Gasteiger partial charge < -0.3 is 9.84 Å². The molecule has 0 aliphatic rings. The number of rotatable bonds is 5. The van der Waals surface area contributed by atoms with E-state index in [-0.39, 0.29) is 17.0 Å². The lowest BCUT2D eigenvalue weighted by atomic mass is 10.0. The third kappa shape index (κ3) is 5.63. The van der Waals surface area contributed by atoms with E-state index in [9.17, 15) is 9.59 Å². The largest absolute Gasteiger partial charge is 0.481 e. The Morgan fingerprint density at radius 3 is 2.31 bits per heavy atom. The number of carboxylic acids is 1. The zero-order valence-electron chi connectivity index (χ0n) is 7.78. The van der Waals surface area contributed by atoms with Gasteiger partial charge in [0.25, 0.3) is 0 Å². The molecule has 13 heavy (non-hydrogen) atoms. The average Bonchev–Trinajstić information content (AvgIpc) is 2.04. The number of aliphatic carboxylic acids is 1. The van der Waals surface area contributed by atoms with E-state index in [2.05, 4.69) is 4.74 Å². The van der Waals surface area contributed by atoms with Crippen molar-refractivity contribution in [3.05, 3.63) is 0 Å². The molecule has 1 atom stereocenters. The molecular weight excluding hydrogens is 240 g/mol. The van der Waals surface area contributed by atoms with Gasteiger partial charge in [-0.05, 0) is 6.42 Å². The lowest BCUT2D eigenvalue weighted by Crippen LogP contribution is -2.24. The van der Waals surface area contributed by atoms with Gasteiger partial charge in [0.05, 0.1) is 7.11 Å². The van der Waals surface area contributed by atoms with Crippen LogP contribution in [0, 0.1) is 5.92 Å². The molecule has 1 N–H and O–H groups in total. The quantitative estimate of drug-likeness (QED) is 0.599. The second-order valence-electron chi connectivity index (χ2n) is 2.56. The van der Waals surface area contributed by atoms with Crippen molar-refractivity contribution in [3.63, 3.8) is 0 Å². The van der Waals surface area contributed by atoms with Crippen LogP contribution in [-0.2, 0) is 14.3 Å². The molecule has 0 aromatic carbocycles. The first kappa shape index (κ1) is 14.9. The summed E-state index contributed by atoms with van der Waals surface area (Å²) in [5.41, 5.74) is 0. The van der Waals surface area contributed by atoms with Gasteiger partial charge in [-0.3, -0.25) is 9.59 Å². The summed E-state index contributed by atoms with van der Waals surface area (Å²) in [5, 5.41) is 8.60. The molecule has 4 nitrogen and oxygen atoms in total. The minimum Gasteiger partial charge on any atom is -0.481 e. The molecular formula is C8H15BrO4. The molecule has 0 aliphatic carbocycles. The summed E-state index contributed by atoms with van der Waals surface area (Å²) in [5.74, 6) is -2.75. The number of unbranched alkanes of at least 4 members (excludes halogenated alkanes) is 1. The highest BCUT2D eigenvalue weighted by Crippen LogP contribution is 2.10. The highest BCUT2D eigenvalue weighted by atomic mass is 79.9. The van der Waals surface area contributed by atoms with Gasteiger partial charge in [-0.2, -0.15) is 0 Å². The predicted molar refractivity (Wildman–Crippen MR) is 53.0 cm³/mol. The molecule has 0 fully saturated rings. The molecule has 0 rings (SSSR count). The zero-order valence-corrected chi connectivity index (χ0v) is 9.49. The zero-order chi connectivity index (χ0) is 9.56. The van der Waals surface area contributed by atoms with E-state index in [1.54, 1.807) is 0 Å². The average molecular weight is 255 g/mol. The molecule has 0 aromatic heterocycles. The third-order valence-corrected chi connectivity index (χ3v) is 1.63. The predicted octanol–water partition coefficient (Wildman–Crippen LogP) is 1.63. The summed E-state index contributed by atoms with van der Waals surface area (Å²) in [4.78, 5) is 21.4. The fourth-order valence-corrected chi connectivity index (χ4v) is 0.893. The summed E-state index contributed by atoms with van der Waals surface area (Å²) in [6, 6.07) is 0. The van der Waals surface area contributed by atoms with Crippen LogP contribution in [0.5, 0.6) is 0 Å². The topological polar surface area (TPSA) is 63.6 Å². The second-order valence-corrected chi connectivity index (χ2v) is 2.56. The Balaban J connectivity index is 0. The molecule has 0 saturated heterocycles. The van der Waals surface area contributed by atoms with Crippen molar-refractivity contribution >= 4 is 28.9 Å². The van der Waals surface area contributed by atoms with Crippen molar-refractivity contribution < 1.29 is 19.4 Å². The standard InChI is InChI=1S/C8H14O4.BrH/c1-3-4-5-6(7(9)10)8(11)12-2;/h6H,3-5H2,1-2H3,(H,9,10);1H. The molecule has 0 amide bonds. The van der Waals surface area contributed by atoms with E-state index in [1.807, 2.05) is 6.92 Å². The van der Waals surface area contributed by atoms with Crippen LogP contribution in [0.15, 0.2) is 0 Å². The van der Waals surface area contributed by atoms with Gasteiger partial charge in [-0.1, -0.05) is 19.8 Å². The molecule has 1 unspecified atom stereocenters. The molecule has 0 spiro atoms. The highest BCUT2D eigenvalue weighted by Gasteiger charge is 2.25. The molecule has 0 bridgehead atoms. The third-order valence-electron chi connectivity index (χ3n) is 1.63. The van der Waals surface area contributed by atoms with Crippen LogP contribution in [-0.4, -0.2) is 24.2 Å². The number of carbonyl (C=O) groups excluding carboxylic acids is 1. The summed E-state index contributed by atoms with van der Waals surface area (Å²) < 4.78 is 4.35. The number of carboxylic acid groups (broad SMARTS) is 1. The Hall–Kier alpha value is -0.580. The molecule has 78 valence electrons. The normalized spacial score (nSPS) is 11.2. The van der Waals surface area contributed by atoms with Crippen molar-refractivity contribution in [1.82, 2.24) is 0 Å². The van der Waals surface area contributed by atoms with Crippen LogP contribution in [0.4, 0.5) is 0 Å². The lowest BCUT2D eigenvalue weighted by Gasteiger charge is -2.08. The molecule has 0 aliphatic heterocycles. The Morgan fingerprint density at radius 1 is 1.46 bits per heavy atom. The van der Waals surface area contributed by atoms with Gasteiger partial charge >= 0.3 is 11.9 Å². The smallest absolute Gasteiger partial charge is 0.320 e. The van der Waals surface area contributed by atoms with Crippen LogP contribution >= 0.6 is 17.0 Å². The molecule has 0 aromatic rings. The monoisotopic (exact) mass is 254 g/mol. The van der Waals surface area contributed by atoms with Gasteiger partial charge in [-0.25, -0.2) is 0 Å². The number of ether oxygens (including phenoxy) is 1. The Labute approximate surface area is 88.0 Å². The lowest BCUT2D eigenvalue weighted by molar-refractivity contribution is -0.157. The van der Waals surface area contributed by atoms with Gasteiger partial charge in [0.1, 0.15) is 0 Å². The van der Waals surface area contributed by atoms with E-state index in [0.29, 0.717) is 6.42 Å².